The molecule has 1 heteroatoms. The molecule has 212 valence electrons. The standard InChI is InChI=1S/C34H70O/c1-33(2)29-25-21-17-13-9-6-5-7-11-15-19-23-27-31-35-32-28-24-20-16-12-8-10-14-18-22-26-30-34(3)4/h33-34H,5-32H2,1-4H3. The van der Waals surface area contributed by atoms with E-state index in [9.17, 15) is 0 Å². The Morgan fingerprint density at radius 2 is 0.486 bits per heavy atom. The summed E-state index contributed by atoms with van der Waals surface area (Å²) in [6.07, 6.45) is 37.2. The maximum absolute atomic E-state index is 5.86. The predicted molar refractivity (Wildman–Crippen MR) is 161 cm³/mol. The SMILES string of the molecule is CC(C)CCCCCCCCCCCCCCCOCCCCCCCCCCCCCC(C)C. The van der Waals surface area contributed by atoms with Gasteiger partial charge in [0.2, 0.25) is 0 Å². The zero-order chi connectivity index (χ0) is 25.7. The normalized spacial score (nSPS) is 11.8. The van der Waals surface area contributed by atoms with Gasteiger partial charge in [0.15, 0.2) is 0 Å². The van der Waals surface area contributed by atoms with Gasteiger partial charge >= 0.3 is 0 Å². The van der Waals surface area contributed by atoms with Gasteiger partial charge in [-0.2, -0.15) is 0 Å². The lowest BCUT2D eigenvalue weighted by Crippen LogP contribution is -1.97. The van der Waals surface area contributed by atoms with Crippen LogP contribution in [-0.2, 0) is 4.74 Å². The smallest absolute Gasteiger partial charge is 0.0466 e. The van der Waals surface area contributed by atoms with Crippen molar-refractivity contribution in [2.75, 3.05) is 13.2 Å². The van der Waals surface area contributed by atoms with E-state index in [1.807, 2.05) is 0 Å². The van der Waals surface area contributed by atoms with E-state index in [4.69, 9.17) is 4.74 Å². The van der Waals surface area contributed by atoms with Gasteiger partial charge in [-0.3, -0.25) is 0 Å². The van der Waals surface area contributed by atoms with Gasteiger partial charge in [0.05, 0.1) is 0 Å². The Bertz CT molecular complexity index is 328. The summed E-state index contributed by atoms with van der Waals surface area (Å²) in [4.78, 5) is 0. The van der Waals surface area contributed by atoms with Crippen LogP contribution in [0.4, 0.5) is 0 Å². The zero-order valence-electron chi connectivity index (χ0n) is 25.4. The molecule has 0 bridgehead atoms. The third-order valence-corrected chi connectivity index (χ3v) is 7.64. The molecule has 0 aliphatic carbocycles. The lowest BCUT2D eigenvalue weighted by molar-refractivity contribution is 0.125. The van der Waals surface area contributed by atoms with Crippen LogP contribution >= 0.6 is 0 Å². The molecule has 0 N–H and O–H groups in total. The molecular weight excluding hydrogens is 424 g/mol. The van der Waals surface area contributed by atoms with E-state index in [0.29, 0.717) is 0 Å². The molecule has 0 aliphatic heterocycles. The minimum atomic E-state index is 0.888. The van der Waals surface area contributed by atoms with Gasteiger partial charge in [-0.15, -0.1) is 0 Å². The minimum Gasteiger partial charge on any atom is -0.381 e. The molecule has 0 saturated carbocycles. The van der Waals surface area contributed by atoms with Crippen LogP contribution in [0.1, 0.15) is 195 Å². The average Bonchev–Trinajstić information content (AvgIpc) is 2.82. The van der Waals surface area contributed by atoms with Crippen molar-refractivity contribution in [2.45, 2.75) is 195 Å². The highest BCUT2D eigenvalue weighted by atomic mass is 16.5. The maximum atomic E-state index is 5.86. The zero-order valence-corrected chi connectivity index (χ0v) is 25.4. The summed E-state index contributed by atoms with van der Waals surface area (Å²) in [6.45, 7) is 11.4. The molecule has 0 radical (unpaired) electrons. The van der Waals surface area contributed by atoms with Gasteiger partial charge in [0.1, 0.15) is 0 Å². The largest absolute Gasteiger partial charge is 0.381 e. The van der Waals surface area contributed by atoms with Crippen LogP contribution in [0.15, 0.2) is 0 Å². The first-order chi connectivity index (χ1) is 17.1. The summed E-state index contributed by atoms with van der Waals surface area (Å²) in [5, 5.41) is 0. The molecule has 0 spiro atoms. The third kappa shape index (κ3) is 34.0. The lowest BCUT2D eigenvalue weighted by atomic mass is 10.0. The van der Waals surface area contributed by atoms with Crippen LogP contribution in [0, 0.1) is 11.8 Å². The van der Waals surface area contributed by atoms with Crippen molar-refractivity contribution in [3.05, 3.63) is 0 Å². The molecule has 0 heterocycles. The van der Waals surface area contributed by atoms with E-state index >= 15 is 0 Å². The van der Waals surface area contributed by atoms with E-state index in [-0.39, 0.29) is 0 Å². The van der Waals surface area contributed by atoms with Gasteiger partial charge in [-0.1, -0.05) is 182 Å². The highest BCUT2D eigenvalue weighted by Gasteiger charge is 1.98. The van der Waals surface area contributed by atoms with Gasteiger partial charge in [0, 0.05) is 13.2 Å². The monoisotopic (exact) mass is 495 g/mol. The Labute approximate surface area is 224 Å². The van der Waals surface area contributed by atoms with Crippen molar-refractivity contribution in [3.8, 4) is 0 Å². The fraction of sp³-hybridized carbons (Fsp3) is 1.00. The summed E-state index contributed by atoms with van der Waals surface area (Å²) in [7, 11) is 0. The van der Waals surface area contributed by atoms with Crippen molar-refractivity contribution in [3.63, 3.8) is 0 Å². The third-order valence-electron chi connectivity index (χ3n) is 7.64. The Balaban J connectivity index is 3.02. The molecule has 0 aromatic heterocycles. The summed E-state index contributed by atoms with van der Waals surface area (Å²) >= 11 is 0. The Kier molecular flexibility index (Phi) is 30.2. The number of rotatable bonds is 30. The average molecular weight is 495 g/mol. The molecule has 0 aliphatic rings. The van der Waals surface area contributed by atoms with Crippen LogP contribution in [0.5, 0.6) is 0 Å². The maximum Gasteiger partial charge on any atom is 0.0466 e. The van der Waals surface area contributed by atoms with Gasteiger partial charge in [0.25, 0.3) is 0 Å². The summed E-state index contributed by atoms with van der Waals surface area (Å²) < 4.78 is 5.86. The Morgan fingerprint density at radius 1 is 0.286 bits per heavy atom. The van der Waals surface area contributed by atoms with E-state index in [2.05, 4.69) is 27.7 Å². The van der Waals surface area contributed by atoms with E-state index in [1.165, 1.54) is 167 Å². The van der Waals surface area contributed by atoms with Crippen LogP contribution in [0.2, 0.25) is 0 Å². The molecule has 0 saturated heterocycles. The first-order valence-electron chi connectivity index (χ1n) is 16.7. The predicted octanol–water partition coefficient (Wildman–Crippen LogP) is 12.5. The lowest BCUT2D eigenvalue weighted by Gasteiger charge is -2.06. The van der Waals surface area contributed by atoms with Crippen molar-refractivity contribution in [1.29, 1.82) is 0 Å². The fourth-order valence-corrected chi connectivity index (χ4v) is 5.15. The first-order valence-corrected chi connectivity index (χ1v) is 16.7. The Hall–Kier alpha value is -0.0400. The molecule has 1 nitrogen and oxygen atoms in total. The summed E-state index contributed by atoms with van der Waals surface area (Å²) in [6, 6.07) is 0. The summed E-state index contributed by atoms with van der Waals surface area (Å²) in [5.41, 5.74) is 0. The van der Waals surface area contributed by atoms with Crippen molar-refractivity contribution in [2.24, 2.45) is 11.8 Å². The second kappa shape index (κ2) is 30.2. The molecule has 0 fully saturated rings. The molecule has 0 unspecified atom stereocenters. The molecular formula is C34H70O. The second-order valence-electron chi connectivity index (χ2n) is 12.5. The van der Waals surface area contributed by atoms with Crippen molar-refractivity contribution >= 4 is 0 Å². The molecule has 0 rings (SSSR count). The van der Waals surface area contributed by atoms with Gasteiger partial charge < -0.3 is 4.74 Å². The van der Waals surface area contributed by atoms with Crippen LogP contribution in [-0.4, -0.2) is 13.2 Å². The van der Waals surface area contributed by atoms with E-state index in [1.54, 1.807) is 0 Å². The van der Waals surface area contributed by atoms with E-state index < -0.39 is 0 Å². The number of ether oxygens (including phenoxy) is 1. The number of unbranched alkanes of at least 4 members (excludes halogenated alkanes) is 22. The number of hydrogen-bond donors (Lipinski definition) is 0. The molecule has 0 amide bonds. The highest BCUT2D eigenvalue weighted by Crippen LogP contribution is 2.15. The van der Waals surface area contributed by atoms with Crippen molar-refractivity contribution < 1.29 is 4.74 Å². The van der Waals surface area contributed by atoms with Crippen LogP contribution in [0.3, 0.4) is 0 Å². The number of hydrogen-bond acceptors (Lipinski definition) is 1. The quantitative estimate of drug-likeness (QED) is 0.0902. The first kappa shape index (κ1) is 35.0. The Morgan fingerprint density at radius 3 is 0.714 bits per heavy atom. The molecule has 0 aromatic carbocycles. The molecule has 35 heavy (non-hydrogen) atoms. The highest BCUT2D eigenvalue weighted by molar-refractivity contribution is 4.52. The van der Waals surface area contributed by atoms with Crippen LogP contribution < -0.4 is 0 Å². The fourth-order valence-electron chi connectivity index (χ4n) is 5.15. The van der Waals surface area contributed by atoms with Gasteiger partial charge in [-0.05, 0) is 24.7 Å². The second-order valence-corrected chi connectivity index (χ2v) is 12.5. The van der Waals surface area contributed by atoms with E-state index in [0.717, 1.165) is 25.0 Å². The minimum absolute atomic E-state index is 0.888. The topological polar surface area (TPSA) is 9.23 Å². The molecule has 0 aromatic rings. The van der Waals surface area contributed by atoms with Crippen LogP contribution in [0.25, 0.3) is 0 Å². The van der Waals surface area contributed by atoms with Gasteiger partial charge in [-0.25, -0.2) is 0 Å². The van der Waals surface area contributed by atoms with Crippen molar-refractivity contribution in [1.82, 2.24) is 0 Å². The molecule has 0 atom stereocenters. The summed E-state index contributed by atoms with van der Waals surface area (Å²) in [5.74, 6) is 1.78.